The van der Waals surface area contributed by atoms with E-state index in [4.69, 9.17) is 9.72 Å². The Kier molecular flexibility index (Phi) is 4.35. The van der Waals surface area contributed by atoms with E-state index >= 15 is 0 Å². The van der Waals surface area contributed by atoms with Crippen LogP contribution < -0.4 is 0 Å². The molecule has 4 nitrogen and oxygen atoms in total. The van der Waals surface area contributed by atoms with Crippen molar-refractivity contribution >= 4 is 22.9 Å². The van der Waals surface area contributed by atoms with Gasteiger partial charge in [-0.05, 0) is 55.9 Å². The van der Waals surface area contributed by atoms with Gasteiger partial charge in [-0.1, -0.05) is 0 Å². The maximum absolute atomic E-state index is 5.66. The van der Waals surface area contributed by atoms with E-state index in [0.29, 0.717) is 11.3 Å². The Morgan fingerprint density at radius 3 is 3.09 bits per heavy atom. The van der Waals surface area contributed by atoms with Gasteiger partial charge < -0.3 is 4.74 Å². The predicted molar refractivity (Wildman–Crippen MR) is 90.1 cm³/mol. The average molecular weight is 317 g/mol. The molecule has 2 unspecified atom stereocenters. The summed E-state index contributed by atoms with van der Waals surface area (Å²) >= 11 is 2.06. The van der Waals surface area contributed by atoms with Crippen molar-refractivity contribution in [2.24, 2.45) is 5.92 Å². The van der Waals surface area contributed by atoms with Gasteiger partial charge in [0.25, 0.3) is 0 Å². The molecule has 0 saturated carbocycles. The first-order valence-corrected chi connectivity index (χ1v) is 9.48. The smallest absolute Gasteiger partial charge is 0.160 e. The van der Waals surface area contributed by atoms with E-state index in [2.05, 4.69) is 27.4 Å². The van der Waals surface area contributed by atoms with Crippen molar-refractivity contribution in [1.29, 1.82) is 0 Å². The lowest BCUT2D eigenvalue weighted by Crippen LogP contribution is -2.22. The number of aromatic nitrogens is 3. The number of hydrogen-bond donors (Lipinski definition) is 0. The number of fused-ring (bicyclic) bond motifs is 1. The molecular formula is C17H23N3OS. The summed E-state index contributed by atoms with van der Waals surface area (Å²) in [6.45, 7) is 1.81. The van der Waals surface area contributed by atoms with Crippen molar-refractivity contribution in [3.8, 4) is 0 Å². The van der Waals surface area contributed by atoms with Gasteiger partial charge in [-0.3, -0.25) is 4.57 Å². The monoisotopic (exact) mass is 317 g/mol. The van der Waals surface area contributed by atoms with E-state index in [-0.39, 0.29) is 0 Å². The molecule has 22 heavy (non-hydrogen) atoms. The molecule has 2 aliphatic heterocycles. The van der Waals surface area contributed by atoms with Gasteiger partial charge in [0.2, 0.25) is 0 Å². The third-order valence-electron chi connectivity index (χ3n) is 4.69. The Hall–Kier alpha value is -1.07. The summed E-state index contributed by atoms with van der Waals surface area (Å²) in [5, 5.41) is 0.508. The van der Waals surface area contributed by atoms with Crippen LogP contribution in [0.15, 0.2) is 18.3 Å². The summed E-state index contributed by atoms with van der Waals surface area (Å²) in [6.07, 6.45) is 9.24. The summed E-state index contributed by atoms with van der Waals surface area (Å²) in [4.78, 5) is 9.54. The molecule has 0 amide bonds. The molecule has 2 atom stereocenters. The van der Waals surface area contributed by atoms with Gasteiger partial charge in [0.1, 0.15) is 11.3 Å². The lowest BCUT2D eigenvalue weighted by Gasteiger charge is -2.26. The predicted octanol–water partition coefficient (Wildman–Crippen LogP) is 3.82. The van der Waals surface area contributed by atoms with E-state index in [1.54, 1.807) is 0 Å². The zero-order valence-corrected chi connectivity index (χ0v) is 13.7. The normalized spacial score (nSPS) is 26.4. The maximum Gasteiger partial charge on any atom is 0.160 e. The SMILES string of the molecule is c1cnc2c(c1)nc(CC1CCCOC1)n2C1CCCCS1. The van der Waals surface area contributed by atoms with E-state index in [1.165, 1.54) is 43.7 Å². The van der Waals surface area contributed by atoms with Gasteiger partial charge >= 0.3 is 0 Å². The largest absolute Gasteiger partial charge is 0.381 e. The molecule has 0 bridgehead atoms. The Morgan fingerprint density at radius 2 is 2.27 bits per heavy atom. The highest BCUT2D eigenvalue weighted by atomic mass is 32.2. The fourth-order valence-corrected chi connectivity index (χ4v) is 4.92. The van der Waals surface area contributed by atoms with Gasteiger partial charge in [0.05, 0.1) is 5.37 Å². The fourth-order valence-electron chi connectivity index (χ4n) is 3.58. The first-order chi connectivity index (χ1) is 10.9. The topological polar surface area (TPSA) is 39.9 Å². The number of nitrogens with zero attached hydrogens (tertiary/aromatic N) is 3. The second-order valence-corrected chi connectivity index (χ2v) is 7.64. The third-order valence-corrected chi connectivity index (χ3v) is 6.05. The minimum atomic E-state index is 0.508. The lowest BCUT2D eigenvalue weighted by molar-refractivity contribution is 0.0540. The number of imidazole rings is 1. The molecule has 2 fully saturated rings. The van der Waals surface area contributed by atoms with Crippen molar-refractivity contribution < 1.29 is 4.74 Å². The Bertz CT molecular complexity index is 630. The minimum absolute atomic E-state index is 0.508. The molecule has 0 aliphatic carbocycles. The fraction of sp³-hybridized carbons (Fsp3) is 0.647. The van der Waals surface area contributed by atoms with E-state index in [1.807, 2.05) is 12.3 Å². The van der Waals surface area contributed by atoms with Gasteiger partial charge in [0.15, 0.2) is 5.65 Å². The molecule has 4 heterocycles. The summed E-state index contributed by atoms with van der Waals surface area (Å²) in [5.41, 5.74) is 2.11. The van der Waals surface area contributed by atoms with Crippen molar-refractivity contribution in [2.75, 3.05) is 19.0 Å². The molecule has 2 aromatic heterocycles. The Balaban J connectivity index is 1.68. The van der Waals surface area contributed by atoms with Crippen molar-refractivity contribution in [3.05, 3.63) is 24.2 Å². The molecule has 0 spiro atoms. The maximum atomic E-state index is 5.66. The van der Waals surface area contributed by atoms with Gasteiger partial charge in [-0.2, -0.15) is 0 Å². The van der Waals surface area contributed by atoms with Crippen LogP contribution in [-0.4, -0.2) is 33.5 Å². The van der Waals surface area contributed by atoms with E-state index in [9.17, 15) is 0 Å². The lowest BCUT2D eigenvalue weighted by atomic mass is 9.98. The van der Waals surface area contributed by atoms with Crippen molar-refractivity contribution in [3.63, 3.8) is 0 Å². The summed E-state index contributed by atoms with van der Waals surface area (Å²) in [7, 11) is 0. The van der Waals surface area contributed by atoms with Crippen LogP contribution in [0.25, 0.3) is 11.2 Å². The van der Waals surface area contributed by atoms with Gasteiger partial charge in [-0.25, -0.2) is 9.97 Å². The zero-order valence-electron chi connectivity index (χ0n) is 12.9. The average Bonchev–Trinajstić information content (AvgIpc) is 2.94. The molecule has 4 rings (SSSR count). The first-order valence-electron chi connectivity index (χ1n) is 8.43. The molecule has 0 radical (unpaired) electrons. The number of ether oxygens (including phenoxy) is 1. The number of hydrogen-bond acceptors (Lipinski definition) is 4. The van der Waals surface area contributed by atoms with E-state index in [0.717, 1.165) is 30.8 Å². The van der Waals surface area contributed by atoms with Crippen LogP contribution in [0.2, 0.25) is 0 Å². The molecule has 0 N–H and O–H groups in total. The van der Waals surface area contributed by atoms with Crippen LogP contribution >= 0.6 is 11.8 Å². The van der Waals surface area contributed by atoms with Gasteiger partial charge in [-0.15, -0.1) is 11.8 Å². The molecular weight excluding hydrogens is 294 g/mol. The minimum Gasteiger partial charge on any atom is -0.381 e. The van der Waals surface area contributed by atoms with Gasteiger partial charge in [0, 0.05) is 25.8 Å². The second kappa shape index (κ2) is 6.59. The summed E-state index contributed by atoms with van der Waals surface area (Å²) in [5.74, 6) is 3.07. The number of thioether (sulfide) groups is 1. The standard InChI is InChI=1S/C17H23N3OS/c1-2-10-22-16(7-1)20-15(11-13-5-4-9-21-12-13)19-14-6-3-8-18-17(14)20/h3,6,8,13,16H,1-2,4-5,7,9-12H2. The molecule has 0 aromatic carbocycles. The first kappa shape index (κ1) is 14.5. The van der Waals surface area contributed by atoms with Crippen molar-refractivity contribution in [2.45, 2.75) is 43.9 Å². The number of pyridine rings is 1. The highest BCUT2D eigenvalue weighted by molar-refractivity contribution is 7.99. The molecule has 118 valence electrons. The van der Waals surface area contributed by atoms with Crippen LogP contribution in [0, 0.1) is 5.92 Å². The summed E-state index contributed by atoms with van der Waals surface area (Å²) in [6, 6.07) is 4.08. The Labute approximate surface area is 135 Å². The quantitative estimate of drug-likeness (QED) is 0.863. The molecule has 5 heteroatoms. The van der Waals surface area contributed by atoms with Crippen LogP contribution in [0.4, 0.5) is 0 Å². The van der Waals surface area contributed by atoms with Crippen LogP contribution in [0.5, 0.6) is 0 Å². The highest BCUT2D eigenvalue weighted by Gasteiger charge is 2.25. The zero-order chi connectivity index (χ0) is 14.8. The molecule has 2 aromatic rings. The molecule has 2 aliphatic rings. The van der Waals surface area contributed by atoms with E-state index < -0.39 is 0 Å². The highest BCUT2D eigenvalue weighted by Crippen LogP contribution is 2.37. The third kappa shape index (κ3) is 2.88. The molecule has 2 saturated heterocycles. The number of rotatable bonds is 3. The Morgan fingerprint density at radius 1 is 1.27 bits per heavy atom. The van der Waals surface area contributed by atoms with Crippen LogP contribution in [0.3, 0.4) is 0 Å². The summed E-state index contributed by atoms with van der Waals surface area (Å²) < 4.78 is 8.08. The van der Waals surface area contributed by atoms with Crippen molar-refractivity contribution in [1.82, 2.24) is 14.5 Å². The van der Waals surface area contributed by atoms with Crippen LogP contribution in [-0.2, 0) is 11.2 Å². The van der Waals surface area contributed by atoms with Crippen LogP contribution in [0.1, 0.15) is 43.3 Å². The second-order valence-electron chi connectivity index (χ2n) is 6.35.